The molecule has 0 spiro atoms. The molecule has 1 saturated heterocycles. The number of hydrogen-bond donors (Lipinski definition) is 1. The van der Waals surface area contributed by atoms with Gasteiger partial charge in [-0.2, -0.15) is 0 Å². The molecular formula is C14H17NO5. The zero-order chi connectivity index (χ0) is 14.5. The van der Waals surface area contributed by atoms with Gasteiger partial charge in [0.1, 0.15) is 6.04 Å². The van der Waals surface area contributed by atoms with Gasteiger partial charge in [-0.1, -0.05) is 30.3 Å². The summed E-state index contributed by atoms with van der Waals surface area (Å²) < 4.78 is 10.3. The summed E-state index contributed by atoms with van der Waals surface area (Å²) in [6, 6.07) is 8.72. The molecular weight excluding hydrogens is 262 g/mol. The maximum Gasteiger partial charge on any atom is 0.410 e. The maximum absolute atomic E-state index is 11.5. The van der Waals surface area contributed by atoms with Gasteiger partial charge in [0.05, 0.1) is 26.4 Å². The molecule has 108 valence electrons. The van der Waals surface area contributed by atoms with Crippen molar-refractivity contribution in [3.8, 4) is 0 Å². The number of likely N-dealkylation sites (tertiary alicyclic amines) is 1. The first kappa shape index (κ1) is 14.3. The molecule has 1 aromatic carbocycles. The molecule has 2 atom stereocenters. The third-order valence-electron chi connectivity index (χ3n) is 3.29. The van der Waals surface area contributed by atoms with Crippen molar-refractivity contribution in [2.45, 2.75) is 25.2 Å². The molecule has 1 amide bonds. The summed E-state index contributed by atoms with van der Waals surface area (Å²) in [5, 5.41) is 9.13. The molecule has 1 heterocycles. The standard InChI is InChI=1S/C14H17NO5/c1-19-14(18)15-8-11(7-12(15)13(16)17)20-9-10-5-3-2-4-6-10/h2-6,11-12H,7-9H2,1H3,(H,16,17)/t11-,12-/m0/s1. The zero-order valence-electron chi connectivity index (χ0n) is 11.2. The van der Waals surface area contributed by atoms with Gasteiger partial charge in [0.25, 0.3) is 0 Å². The van der Waals surface area contributed by atoms with Gasteiger partial charge in [0.15, 0.2) is 0 Å². The molecule has 1 N–H and O–H groups in total. The van der Waals surface area contributed by atoms with Crippen molar-refractivity contribution in [2.24, 2.45) is 0 Å². The highest BCUT2D eigenvalue weighted by atomic mass is 16.5. The molecule has 0 saturated carbocycles. The van der Waals surface area contributed by atoms with E-state index in [0.717, 1.165) is 5.56 Å². The molecule has 1 aliphatic heterocycles. The van der Waals surface area contributed by atoms with Gasteiger partial charge < -0.3 is 14.6 Å². The van der Waals surface area contributed by atoms with Crippen LogP contribution >= 0.6 is 0 Å². The lowest BCUT2D eigenvalue weighted by molar-refractivity contribution is -0.141. The smallest absolute Gasteiger partial charge is 0.410 e. The van der Waals surface area contributed by atoms with Crippen LogP contribution in [0.25, 0.3) is 0 Å². The lowest BCUT2D eigenvalue weighted by Crippen LogP contribution is -2.40. The van der Waals surface area contributed by atoms with Crippen LogP contribution in [0.2, 0.25) is 0 Å². The van der Waals surface area contributed by atoms with Gasteiger partial charge >= 0.3 is 12.1 Å². The Labute approximate surface area is 116 Å². The van der Waals surface area contributed by atoms with Gasteiger partial charge in [-0.3, -0.25) is 4.90 Å². The average molecular weight is 279 g/mol. The van der Waals surface area contributed by atoms with Crippen molar-refractivity contribution in [1.82, 2.24) is 4.90 Å². The summed E-state index contributed by atoms with van der Waals surface area (Å²) >= 11 is 0. The number of rotatable bonds is 4. The molecule has 6 nitrogen and oxygen atoms in total. The van der Waals surface area contributed by atoms with Crippen molar-refractivity contribution in [3.63, 3.8) is 0 Å². The fraction of sp³-hybridized carbons (Fsp3) is 0.429. The van der Waals surface area contributed by atoms with Crippen LogP contribution in [0, 0.1) is 0 Å². The van der Waals surface area contributed by atoms with E-state index in [1.54, 1.807) is 0 Å². The van der Waals surface area contributed by atoms with E-state index in [-0.39, 0.29) is 19.1 Å². The number of carbonyl (C=O) groups is 2. The van der Waals surface area contributed by atoms with E-state index in [1.165, 1.54) is 12.0 Å². The van der Waals surface area contributed by atoms with E-state index >= 15 is 0 Å². The number of nitrogens with zero attached hydrogens (tertiary/aromatic N) is 1. The largest absolute Gasteiger partial charge is 0.480 e. The van der Waals surface area contributed by atoms with Gasteiger partial charge in [-0.15, -0.1) is 0 Å². The Hall–Kier alpha value is -2.08. The maximum atomic E-state index is 11.5. The molecule has 0 aromatic heterocycles. The zero-order valence-corrected chi connectivity index (χ0v) is 11.2. The predicted octanol–water partition coefficient (Wildman–Crippen LogP) is 1.50. The summed E-state index contributed by atoms with van der Waals surface area (Å²) in [6.45, 7) is 0.628. The topological polar surface area (TPSA) is 76.1 Å². The highest BCUT2D eigenvalue weighted by Gasteiger charge is 2.40. The van der Waals surface area contributed by atoms with Crippen LogP contribution in [0.3, 0.4) is 0 Å². The third-order valence-corrected chi connectivity index (χ3v) is 3.29. The number of carboxylic acids is 1. The Morgan fingerprint density at radius 1 is 1.35 bits per heavy atom. The molecule has 1 aliphatic rings. The Kier molecular flexibility index (Phi) is 4.57. The van der Waals surface area contributed by atoms with E-state index in [0.29, 0.717) is 6.61 Å². The van der Waals surface area contributed by atoms with E-state index < -0.39 is 18.1 Å². The summed E-state index contributed by atoms with van der Waals surface area (Å²) in [7, 11) is 1.24. The number of ether oxygens (including phenoxy) is 2. The highest BCUT2D eigenvalue weighted by molar-refractivity contribution is 5.80. The number of carbonyl (C=O) groups excluding carboxylic acids is 1. The highest BCUT2D eigenvalue weighted by Crippen LogP contribution is 2.22. The van der Waals surface area contributed by atoms with Crippen molar-refractivity contribution in [2.75, 3.05) is 13.7 Å². The molecule has 0 bridgehead atoms. The fourth-order valence-corrected chi connectivity index (χ4v) is 2.26. The minimum absolute atomic E-state index is 0.233. The summed E-state index contributed by atoms with van der Waals surface area (Å²) in [4.78, 5) is 23.9. The van der Waals surface area contributed by atoms with Crippen molar-refractivity contribution in [3.05, 3.63) is 35.9 Å². The Bertz CT molecular complexity index is 476. The minimum atomic E-state index is -1.04. The Morgan fingerprint density at radius 3 is 2.65 bits per heavy atom. The predicted molar refractivity (Wildman–Crippen MR) is 70.2 cm³/mol. The van der Waals surface area contributed by atoms with Crippen molar-refractivity contribution < 1.29 is 24.2 Å². The number of hydrogen-bond acceptors (Lipinski definition) is 4. The van der Waals surface area contributed by atoms with Crippen LogP contribution in [0.4, 0.5) is 4.79 Å². The first-order valence-electron chi connectivity index (χ1n) is 6.34. The lowest BCUT2D eigenvalue weighted by Gasteiger charge is -2.19. The number of aliphatic carboxylic acids is 1. The average Bonchev–Trinajstić information content (AvgIpc) is 2.90. The molecule has 0 radical (unpaired) electrons. The van der Waals surface area contributed by atoms with E-state index in [2.05, 4.69) is 4.74 Å². The van der Waals surface area contributed by atoms with Crippen LogP contribution in [0.15, 0.2) is 30.3 Å². The van der Waals surface area contributed by atoms with Crippen LogP contribution in [0.1, 0.15) is 12.0 Å². The van der Waals surface area contributed by atoms with E-state index in [1.807, 2.05) is 30.3 Å². The van der Waals surface area contributed by atoms with E-state index in [9.17, 15) is 9.59 Å². The van der Waals surface area contributed by atoms with Gasteiger partial charge in [0, 0.05) is 6.42 Å². The van der Waals surface area contributed by atoms with E-state index in [4.69, 9.17) is 9.84 Å². The summed E-state index contributed by atoms with van der Waals surface area (Å²) in [6.07, 6.45) is -0.657. The monoisotopic (exact) mass is 279 g/mol. The normalized spacial score (nSPS) is 21.8. The van der Waals surface area contributed by atoms with Gasteiger partial charge in [-0.05, 0) is 5.56 Å². The van der Waals surface area contributed by atoms with Crippen LogP contribution in [-0.4, -0.2) is 47.9 Å². The quantitative estimate of drug-likeness (QED) is 0.903. The first-order chi connectivity index (χ1) is 9.61. The SMILES string of the molecule is COC(=O)N1C[C@@H](OCc2ccccc2)C[C@H]1C(=O)O. The summed E-state index contributed by atoms with van der Waals surface area (Å²) in [5.74, 6) is -1.04. The first-order valence-corrected chi connectivity index (χ1v) is 6.34. The number of methoxy groups -OCH3 is 1. The Balaban J connectivity index is 1.94. The molecule has 1 aromatic rings. The van der Waals surface area contributed by atoms with Crippen molar-refractivity contribution in [1.29, 1.82) is 0 Å². The van der Waals surface area contributed by atoms with Gasteiger partial charge in [-0.25, -0.2) is 9.59 Å². The molecule has 0 unspecified atom stereocenters. The van der Waals surface area contributed by atoms with Crippen LogP contribution in [-0.2, 0) is 20.9 Å². The molecule has 6 heteroatoms. The molecule has 2 rings (SSSR count). The second kappa shape index (κ2) is 6.38. The Morgan fingerprint density at radius 2 is 2.05 bits per heavy atom. The second-order valence-corrected chi connectivity index (χ2v) is 4.63. The minimum Gasteiger partial charge on any atom is -0.480 e. The molecule has 0 aliphatic carbocycles. The molecule has 20 heavy (non-hydrogen) atoms. The number of amides is 1. The second-order valence-electron chi connectivity index (χ2n) is 4.63. The van der Waals surface area contributed by atoms with Crippen LogP contribution < -0.4 is 0 Å². The third kappa shape index (κ3) is 3.27. The summed E-state index contributed by atoms with van der Waals surface area (Å²) in [5.41, 5.74) is 1.01. The molecule has 1 fully saturated rings. The van der Waals surface area contributed by atoms with Crippen LogP contribution in [0.5, 0.6) is 0 Å². The lowest BCUT2D eigenvalue weighted by atomic mass is 10.2. The fourth-order valence-electron chi connectivity index (χ4n) is 2.26. The van der Waals surface area contributed by atoms with Crippen molar-refractivity contribution >= 4 is 12.1 Å². The number of benzene rings is 1. The number of carboxylic acid groups (broad SMARTS) is 1. The van der Waals surface area contributed by atoms with Gasteiger partial charge in [0.2, 0.25) is 0 Å².